The number of aromatic nitrogens is 4. The fourth-order valence-corrected chi connectivity index (χ4v) is 3.17. The van der Waals surface area contributed by atoms with Crippen molar-refractivity contribution in [2.45, 2.75) is 45.9 Å². The first-order valence-corrected chi connectivity index (χ1v) is 7.88. The largest absolute Gasteiger partial charge is 0.364 e. The van der Waals surface area contributed by atoms with Gasteiger partial charge < -0.3 is 9.09 Å². The second-order valence-corrected chi connectivity index (χ2v) is 5.99. The Morgan fingerprint density at radius 2 is 2.27 bits per heavy atom. The highest BCUT2D eigenvalue weighted by molar-refractivity contribution is 4.98. The highest BCUT2D eigenvalue weighted by Gasteiger charge is 2.27. The molecule has 2 aromatic rings. The Bertz CT molecular complexity index is 593. The highest BCUT2D eigenvalue weighted by atomic mass is 16.5. The summed E-state index contributed by atoms with van der Waals surface area (Å²) in [5, 5.41) is 12.5. The quantitative estimate of drug-likeness (QED) is 0.801. The third kappa shape index (κ3) is 3.20. The molecule has 0 amide bonds. The van der Waals surface area contributed by atoms with Crippen molar-refractivity contribution >= 4 is 0 Å². The Morgan fingerprint density at radius 1 is 1.41 bits per heavy atom. The molecule has 1 aliphatic heterocycles. The number of hydrogen-bond donors (Lipinski definition) is 0. The van der Waals surface area contributed by atoms with Gasteiger partial charge in [0, 0.05) is 38.3 Å². The van der Waals surface area contributed by atoms with E-state index in [1.54, 1.807) is 6.26 Å². The first-order valence-electron chi connectivity index (χ1n) is 7.88. The first kappa shape index (κ1) is 15.2. The monoisotopic (exact) mass is 304 g/mol. The van der Waals surface area contributed by atoms with Crippen molar-refractivity contribution in [3.8, 4) is 0 Å². The molecule has 0 unspecified atom stereocenters. The van der Waals surface area contributed by atoms with Crippen LogP contribution in [0.1, 0.15) is 30.7 Å². The van der Waals surface area contributed by atoms with E-state index >= 15 is 0 Å². The van der Waals surface area contributed by atoms with Crippen LogP contribution in [0, 0.1) is 6.92 Å². The lowest BCUT2D eigenvalue weighted by Gasteiger charge is -2.24. The molecule has 2 aromatic heterocycles. The smallest absolute Gasteiger partial charge is 0.147 e. The number of nitrogens with zero attached hydrogens (tertiary/aromatic N) is 6. The summed E-state index contributed by atoms with van der Waals surface area (Å²) in [5.74, 6) is 2.04. The summed E-state index contributed by atoms with van der Waals surface area (Å²) in [5.41, 5.74) is 1.00. The standard InChI is InChI=1S/C15H24N6O/c1-4-21-12(2)16-17-15(21)11-19(3)14-5-7-20(10-14)9-13-6-8-22-18-13/h6,8,14H,4-5,7,9-11H2,1-3H3/t14-/m1/s1. The molecule has 0 saturated carbocycles. The lowest BCUT2D eigenvalue weighted by atomic mass is 10.2. The van der Waals surface area contributed by atoms with E-state index in [9.17, 15) is 0 Å². The van der Waals surface area contributed by atoms with Gasteiger partial charge >= 0.3 is 0 Å². The zero-order valence-electron chi connectivity index (χ0n) is 13.6. The van der Waals surface area contributed by atoms with Crippen molar-refractivity contribution in [1.29, 1.82) is 0 Å². The Hall–Kier alpha value is -1.73. The van der Waals surface area contributed by atoms with E-state index in [1.165, 1.54) is 6.42 Å². The maximum atomic E-state index is 4.90. The summed E-state index contributed by atoms with van der Waals surface area (Å²) in [6.07, 6.45) is 2.81. The van der Waals surface area contributed by atoms with E-state index in [2.05, 4.69) is 43.7 Å². The molecule has 0 aliphatic carbocycles. The summed E-state index contributed by atoms with van der Waals surface area (Å²) in [7, 11) is 2.17. The van der Waals surface area contributed by atoms with Crippen LogP contribution < -0.4 is 0 Å². The van der Waals surface area contributed by atoms with Crippen molar-refractivity contribution < 1.29 is 4.52 Å². The fraction of sp³-hybridized carbons (Fsp3) is 0.667. The van der Waals surface area contributed by atoms with Crippen LogP contribution in [0.5, 0.6) is 0 Å². The van der Waals surface area contributed by atoms with Crippen LogP contribution in [0.3, 0.4) is 0 Å². The van der Waals surface area contributed by atoms with Gasteiger partial charge in [0.1, 0.15) is 17.9 Å². The van der Waals surface area contributed by atoms with Gasteiger partial charge in [-0.15, -0.1) is 10.2 Å². The van der Waals surface area contributed by atoms with Gasteiger partial charge in [-0.2, -0.15) is 0 Å². The molecule has 3 rings (SSSR count). The summed E-state index contributed by atoms with van der Waals surface area (Å²) in [6.45, 7) is 8.93. The molecule has 0 N–H and O–H groups in total. The Kier molecular flexibility index (Phi) is 4.54. The summed E-state index contributed by atoms with van der Waals surface area (Å²) in [4.78, 5) is 4.81. The van der Waals surface area contributed by atoms with Gasteiger partial charge in [-0.25, -0.2) is 0 Å². The molecule has 0 bridgehead atoms. The highest BCUT2D eigenvalue weighted by Crippen LogP contribution is 2.18. The molecule has 1 aliphatic rings. The first-order chi connectivity index (χ1) is 10.7. The van der Waals surface area contributed by atoms with E-state index in [0.717, 1.165) is 50.1 Å². The topological polar surface area (TPSA) is 63.2 Å². The predicted octanol–water partition coefficient (Wildman–Crippen LogP) is 1.30. The molecule has 120 valence electrons. The zero-order valence-corrected chi connectivity index (χ0v) is 13.6. The number of rotatable bonds is 6. The maximum Gasteiger partial charge on any atom is 0.147 e. The van der Waals surface area contributed by atoms with Crippen LogP contribution in [0.4, 0.5) is 0 Å². The number of aryl methyl sites for hydroxylation is 1. The van der Waals surface area contributed by atoms with E-state index in [-0.39, 0.29) is 0 Å². The second kappa shape index (κ2) is 6.58. The summed E-state index contributed by atoms with van der Waals surface area (Å²) in [6, 6.07) is 2.48. The maximum absolute atomic E-state index is 4.90. The Morgan fingerprint density at radius 3 is 3.00 bits per heavy atom. The van der Waals surface area contributed by atoms with Gasteiger partial charge in [0.15, 0.2) is 0 Å². The minimum Gasteiger partial charge on any atom is -0.364 e. The molecule has 1 saturated heterocycles. The molecule has 1 fully saturated rings. The molecule has 0 spiro atoms. The van der Waals surface area contributed by atoms with Crippen LogP contribution in [0.25, 0.3) is 0 Å². The number of likely N-dealkylation sites (tertiary alicyclic amines) is 1. The summed E-state index contributed by atoms with van der Waals surface area (Å²) < 4.78 is 7.08. The molecule has 7 heteroatoms. The van der Waals surface area contributed by atoms with Gasteiger partial charge in [-0.1, -0.05) is 5.16 Å². The third-order valence-electron chi connectivity index (χ3n) is 4.47. The minimum atomic E-state index is 0.550. The molecule has 1 atom stereocenters. The van der Waals surface area contributed by atoms with E-state index in [4.69, 9.17) is 4.52 Å². The Balaban J connectivity index is 1.56. The van der Waals surface area contributed by atoms with Crippen LogP contribution in [-0.2, 0) is 19.6 Å². The fourth-order valence-electron chi connectivity index (χ4n) is 3.17. The van der Waals surface area contributed by atoms with Crippen LogP contribution in [-0.4, -0.2) is 55.9 Å². The SMILES string of the molecule is CCn1c(C)nnc1CN(C)[C@@H]1CCN(Cc2ccon2)C1. The van der Waals surface area contributed by atoms with Gasteiger partial charge in [0.2, 0.25) is 0 Å². The van der Waals surface area contributed by atoms with Crippen molar-refractivity contribution in [3.63, 3.8) is 0 Å². The van der Waals surface area contributed by atoms with Crippen LogP contribution in [0.15, 0.2) is 16.9 Å². The van der Waals surface area contributed by atoms with Crippen molar-refractivity contribution in [1.82, 2.24) is 29.7 Å². The number of likely N-dealkylation sites (N-methyl/N-ethyl adjacent to an activating group) is 1. The van der Waals surface area contributed by atoms with E-state index in [1.807, 2.05) is 13.0 Å². The lowest BCUT2D eigenvalue weighted by Crippen LogP contribution is -2.34. The van der Waals surface area contributed by atoms with Gasteiger partial charge in [-0.3, -0.25) is 9.80 Å². The minimum absolute atomic E-state index is 0.550. The molecule has 0 radical (unpaired) electrons. The molecular weight excluding hydrogens is 280 g/mol. The average Bonchev–Trinajstić information content (AvgIpc) is 3.22. The second-order valence-electron chi connectivity index (χ2n) is 5.99. The lowest BCUT2D eigenvalue weighted by molar-refractivity contribution is 0.214. The van der Waals surface area contributed by atoms with E-state index < -0.39 is 0 Å². The zero-order chi connectivity index (χ0) is 15.5. The average molecular weight is 304 g/mol. The van der Waals surface area contributed by atoms with Gasteiger partial charge in [-0.05, 0) is 27.3 Å². The normalized spacial score (nSPS) is 19.4. The molecule has 3 heterocycles. The van der Waals surface area contributed by atoms with Gasteiger partial charge in [0.25, 0.3) is 0 Å². The number of hydrogen-bond acceptors (Lipinski definition) is 6. The van der Waals surface area contributed by atoms with Crippen molar-refractivity contribution in [2.24, 2.45) is 0 Å². The van der Waals surface area contributed by atoms with E-state index in [0.29, 0.717) is 6.04 Å². The van der Waals surface area contributed by atoms with Gasteiger partial charge in [0.05, 0.1) is 12.2 Å². The molecule has 7 nitrogen and oxygen atoms in total. The Labute approximate surface area is 130 Å². The van der Waals surface area contributed by atoms with Crippen LogP contribution in [0.2, 0.25) is 0 Å². The molecule has 0 aromatic carbocycles. The predicted molar refractivity (Wildman–Crippen MR) is 82.1 cm³/mol. The van der Waals surface area contributed by atoms with Crippen molar-refractivity contribution in [3.05, 3.63) is 29.7 Å². The molecular formula is C15H24N6O. The van der Waals surface area contributed by atoms with Crippen LogP contribution >= 0.6 is 0 Å². The van der Waals surface area contributed by atoms with Crippen molar-refractivity contribution in [2.75, 3.05) is 20.1 Å². The third-order valence-corrected chi connectivity index (χ3v) is 4.47. The molecule has 22 heavy (non-hydrogen) atoms. The summed E-state index contributed by atoms with van der Waals surface area (Å²) >= 11 is 0.